The summed E-state index contributed by atoms with van der Waals surface area (Å²) in [4.78, 5) is 0. The first-order valence-electron chi connectivity index (χ1n) is 10.5. The fourth-order valence-corrected chi connectivity index (χ4v) is 4.87. The molecular formula is C23H29O8P. The van der Waals surface area contributed by atoms with Gasteiger partial charge >= 0.3 is 7.82 Å². The van der Waals surface area contributed by atoms with E-state index >= 15 is 0 Å². The Morgan fingerprint density at radius 2 is 1.41 bits per heavy atom. The summed E-state index contributed by atoms with van der Waals surface area (Å²) in [6.45, 7) is 7.56. The SMILES string of the molecule is CC1(C)O[C@@H]([C@H]2COC(C)(C)O2)[C@H](COP(=O)(Oc2ccccc2)Oc2ccccc2)O1. The van der Waals surface area contributed by atoms with E-state index in [-0.39, 0.29) is 12.7 Å². The van der Waals surface area contributed by atoms with Crippen molar-refractivity contribution in [2.75, 3.05) is 13.2 Å². The van der Waals surface area contributed by atoms with Crippen LogP contribution in [0.15, 0.2) is 60.7 Å². The molecule has 0 aromatic heterocycles. The zero-order chi connectivity index (χ0) is 22.8. The smallest absolute Gasteiger partial charge is 0.395 e. The predicted molar refractivity (Wildman–Crippen MR) is 116 cm³/mol. The van der Waals surface area contributed by atoms with Crippen molar-refractivity contribution < 1.29 is 37.1 Å². The van der Waals surface area contributed by atoms with Crippen LogP contribution in [0.1, 0.15) is 27.7 Å². The molecule has 2 saturated heterocycles. The van der Waals surface area contributed by atoms with Gasteiger partial charge in [-0.2, -0.15) is 0 Å². The van der Waals surface area contributed by atoms with E-state index < -0.39 is 31.6 Å². The molecule has 4 rings (SSSR count). The molecule has 2 aliphatic rings. The third-order valence-corrected chi connectivity index (χ3v) is 6.27. The standard InChI is InChI=1S/C23H29O8P/c1-22(2)25-15-19(27-22)21-20(28-23(3,4)29-21)16-26-32(24,30-17-11-7-5-8-12-17)31-18-13-9-6-10-14-18/h5-14,19-21H,15-16H2,1-4H3/t19-,20+,21+/m1/s1. The number of rotatable bonds is 8. The lowest BCUT2D eigenvalue weighted by atomic mass is 10.1. The minimum atomic E-state index is -4.05. The minimum Gasteiger partial charge on any atom is -0.395 e. The third-order valence-electron chi connectivity index (χ3n) is 4.94. The first-order valence-corrected chi connectivity index (χ1v) is 12.0. The largest absolute Gasteiger partial charge is 0.587 e. The van der Waals surface area contributed by atoms with Crippen LogP contribution >= 0.6 is 7.82 Å². The fourth-order valence-electron chi connectivity index (χ4n) is 3.64. The van der Waals surface area contributed by atoms with Crippen molar-refractivity contribution in [1.82, 2.24) is 0 Å². The van der Waals surface area contributed by atoms with Crippen molar-refractivity contribution in [2.24, 2.45) is 0 Å². The zero-order valence-corrected chi connectivity index (χ0v) is 19.5. The minimum absolute atomic E-state index is 0.0919. The first kappa shape index (κ1) is 23.2. The molecule has 2 heterocycles. The summed E-state index contributed by atoms with van der Waals surface area (Å²) in [5.74, 6) is -0.851. The van der Waals surface area contributed by atoms with Crippen molar-refractivity contribution in [2.45, 2.75) is 57.6 Å². The second-order valence-electron chi connectivity index (χ2n) is 8.56. The van der Waals surface area contributed by atoms with Gasteiger partial charge in [0.15, 0.2) is 11.6 Å². The Bertz CT molecular complexity index is 888. The number of ether oxygens (including phenoxy) is 4. The molecule has 174 valence electrons. The molecule has 0 unspecified atom stereocenters. The summed E-state index contributed by atoms with van der Waals surface area (Å²) in [5, 5.41) is 0. The number of benzene rings is 2. The number of para-hydroxylation sites is 2. The monoisotopic (exact) mass is 464 g/mol. The summed E-state index contributed by atoms with van der Waals surface area (Å²) >= 11 is 0. The Balaban J connectivity index is 1.50. The highest BCUT2D eigenvalue weighted by molar-refractivity contribution is 7.49. The predicted octanol–water partition coefficient (Wildman–Crippen LogP) is 4.94. The van der Waals surface area contributed by atoms with Gasteiger partial charge in [-0.1, -0.05) is 36.4 Å². The average molecular weight is 464 g/mol. The van der Waals surface area contributed by atoms with Gasteiger partial charge in [-0.25, -0.2) is 4.57 Å². The van der Waals surface area contributed by atoms with E-state index in [1.807, 2.05) is 39.8 Å². The molecule has 0 saturated carbocycles. The molecule has 8 nitrogen and oxygen atoms in total. The molecule has 0 spiro atoms. The Morgan fingerprint density at radius 1 is 0.844 bits per heavy atom. The topological polar surface area (TPSA) is 81.7 Å². The molecule has 2 aromatic rings. The van der Waals surface area contributed by atoms with Gasteiger partial charge in [0.05, 0.1) is 13.2 Å². The van der Waals surface area contributed by atoms with Gasteiger partial charge in [0, 0.05) is 0 Å². The van der Waals surface area contributed by atoms with Crippen LogP contribution in [0.25, 0.3) is 0 Å². The van der Waals surface area contributed by atoms with E-state index in [9.17, 15) is 4.57 Å². The van der Waals surface area contributed by atoms with E-state index in [1.54, 1.807) is 48.5 Å². The Labute approximate surface area is 188 Å². The maximum Gasteiger partial charge on any atom is 0.587 e. The molecule has 2 fully saturated rings. The summed E-state index contributed by atoms with van der Waals surface area (Å²) in [7, 11) is -4.05. The van der Waals surface area contributed by atoms with Gasteiger partial charge in [0.25, 0.3) is 0 Å². The van der Waals surface area contributed by atoms with E-state index in [4.69, 9.17) is 32.5 Å². The summed E-state index contributed by atoms with van der Waals surface area (Å²) in [6, 6.07) is 17.5. The van der Waals surface area contributed by atoms with Gasteiger partial charge in [0.2, 0.25) is 0 Å². The highest BCUT2D eigenvalue weighted by Crippen LogP contribution is 2.50. The molecule has 2 aliphatic heterocycles. The molecule has 0 aliphatic carbocycles. The van der Waals surface area contributed by atoms with Gasteiger partial charge in [-0.05, 0) is 52.0 Å². The molecule has 9 heteroatoms. The van der Waals surface area contributed by atoms with Crippen molar-refractivity contribution in [1.29, 1.82) is 0 Å². The van der Waals surface area contributed by atoms with Crippen molar-refractivity contribution in [3.8, 4) is 11.5 Å². The van der Waals surface area contributed by atoms with Crippen LogP contribution in [0.4, 0.5) is 0 Å². The van der Waals surface area contributed by atoms with Crippen molar-refractivity contribution >= 4 is 7.82 Å². The maximum atomic E-state index is 13.6. The highest BCUT2D eigenvalue weighted by Gasteiger charge is 2.50. The summed E-state index contributed by atoms with van der Waals surface area (Å²) < 4.78 is 54.4. The molecule has 0 radical (unpaired) electrons. The third kappa shape index (κ3) is 5.90. The molecule has 32 heavy (non-hydrogen) atoms. The zero-order valence-electron chi connectivity index (χ0n) is 18.6. The van der Waals surface area contributed by atoms with Gasteiger partial charge in [-0.3, -0.25) is 4.52 Å². The summed E-state index contributed by atoms with van der Waals surface area (Å²) in [6.07, 6.45) is -1.40. The van der Waals surface area contributed by atoms with E-state index in [2.05, 4.69) is 0 Å². The summed E-state index contributed by atoms with van der Waals surface area (Å²) in [5.41, 5.74) is 0. The lowest BCUT2D eigenvalue weighted by Gasteiger charge is -2.25. The average Bonchev–Trinajstić information content (AvgIpc) is 3.26. The second-order valence-corrected chi connectivity index (χ2v) is 10.1. The number of phosphoric ester groups is 1. The highest BCUT2D eigenvalue weighted by atomic mass is 31.2. The molecule has 3 atom stereocenters. The molecular weight excluding hydrogens is 435 g/mol. The lowest BCUT2D eigenvalue weighted by molar-refractivity contribution is -0.174. The van der Waals surface area contributed by atoms with Crippen LogP contribution in [0.2, 0.25) is 0 Å². The van der Waals surface area contributed by atoms with E-state index in [1.165, 1.54) is 0 Å². The fraction of sp³-hybridized carbons (Fsp3) is 0.478. The second kappa shape index (κ2) is 9.14. The van der Waals surface area contributed by atoms with Gasteiger partial charge in [-0.15, -0.1) is 0 Å². The maximum absolute atomic E-state index is 13.6. The number of hydrogen-bond acceptors (Lipinski definition) is 8. The Hall–Kier alpha value is -1.93. The van der Waals surface area contributed by atoms with E-state index in [0.717, 1.165) is 0 Å². The molecule has 0 amide bonds. The van der Waals surface area contributed by atoms with Gasteiger partial charge in [0.1, 0.15) is 29.8 Å². The lowest BCUT2D eigenvalue weighted by Crippen LogP contribution is -2.40. The molecule has 0 bridgehead atoms. The van der Waals surface area contributed by atoms with Crippen molar-refractivity contribution in [3.63, 3.8) is 0 Å². The van der Waals surface area contributed by atoms with Gasteiger partial charge < -0.3 is 28.0 Å². The normalized spacial score (nSPS) is 26.7. The number of phosphoric acid groups is 1. The van der Waals surface area contributed by atoms with Crippen molar-refractivity contribution in [3.05, 3.63) is 60.7 Å². The van der Waals surface area contributed by atoms with Crippen LogP contribution in [0, 0.1) is 0 Å². The Morgan fingerprint density at radius 3 is 1.91 bits per heavy atom. The first-order chi connectivity index (χ1) is 15.1. The Kier molecular flexibility index (Phi) is 6.63. The molecule has 2 aromatic carbocycles. The number of hydrogen-bond donors (Lipinski definition) is 0. The van der Waals surface area contributed by atoms with Crippen LogP contribution in [-0.2, 0) is 28.0 Å². The van der Waals surface area contributed by atoms with Crippen LogP contribution in [0.3, 0.4) is 0 Å². The van der Waals surface area contributed by atoms with Crippen LogP contribution < -0.4 is 9.05 Å². The van der Waals surface area contributed by atoms with E-state index in [0.29, 0.717) is 18.1 Å². The van der Waals surface area contributed by atoms with Crippen LogP contribution in [0.5, 0.6) is 11.5 Å². The van der Waals surface area contributed by atoms with Crippen LogP contribution in [-0.4, -0.2) is 43.1 Å². The molecule has 0 N–H and O–H groups in total. The quantitative estimate of drug-likeness (QED) is 0.508.